The molecule has 11 heavy (non-hydrogen) atoms. The van der Waals surface area contributed by atoms with Crippen molar-refractivity contribution in [2.75, 3.05) is 6.54 Å². The van der Waals surface area contributed by atoms with Gasteiger partial charge in [0.15, 0.2) is 0 Å². The molecule has 0 fully saturated rings. The van der Waals surface area contributed by atoms with Crippen LogP contribution in [0.5, 0.6) is 0 Å². The van der Waals surface area contributed by atoms with E-state index in [1.807, 2.05) is 6.92 Å². The van der Waals surface area contributed by atoms with Gasteiger partial charge in [0.2, 0.25) is 0 Å². The molecular formula is C7H15NO3. The molecule has 0 aliphatic carbocycles. The summed E-state index contributed by atoms with van der Waals surface area (Å²) >= 11 is 0. The van der Waals surface area contributed by atoms with Crippen LogP contribution in [0.4, 0.5) is 0 Å². The largest absolute Gasteiger partial charge is 0.480 e. The molecule has 0 heterocycles. The van der Waals surface area contributed by atoms with Gasteiger partial charge in [-0.25, -0.2) is 0 Å². The Balaban J connectivity index is 3.63. The number of rotatable bonds is 5. The fourth-order valence-electron chi connectivity index (χ4n) is 0.641. The van der Waals surface area contributed by atoms with E-state index < -0.39 is 12.0 Å². The summed E-state index contributed by atoms with van der Waals surface area (Å²) in [6.45, 7) is 3.86. The van der Waals surface area contributed by atoms with E-state index in [-0.39, 0.29) is 0 Å². The minimum atomic E-state index is -0.997. The lowest BCUT2D eigenvalue weighted by atomic mass is 10.3. The lowest BCUT2D eigenvalue weighted by Gasteiger charge is -2.17. The molecule has 0 saturated carbocycles. The first kappa shape index (κ1) is 10.4. The van der Waals surface area contributed by atoms with E-state index in [1.54, 1.807) is 0 Å². The predicted molar refractivity (Wildman–Crippen MR) is 40.5 cm³/mol. The van der Waals surface area contributed by atoms with Gasteiger partial charge in [0.25, 0.3) is 0 Å². The van der Waals surface area contributed by atoms with E-state index in [4.69, 9.17) is 10.3 Å². The number of carboxylic acids is 1. The topological polar surface area (TPSA) is 60.8 Å². The summed E-state index contributed by atoms with van der Waals surface area (Å²) in [5.41, 5.74) is 0. The molecule has 0 aliphatic rings. The Morgan fingerprint density at radius 3 is 2.55 bits per heavy atom. The van der Waals surface area contributed by atoms with Gasteiger partial charge >= 0.3 is 5.97 Å². The molecule has 0 unspecified atom stereocenters. The molecular weight excluding hydrogens is 146 g/mol. The summed E-state index contributed by atoms with van der Waals surface area (Å²) < 4.78 is 0. The minimum absolute atomic E-state index is 0.421. The van der Waals surface area contributed by atoms with Crippen molar-refractivity contribution in [1.29, 1.82) is 0 Å². The Kier molecular flexibility index (Phi) is 4.81. The van der Waals surface area contributed by atoms with Crippen molar-refractivity contribution in [1.82, 2.24) is 5.06 Å². The molecule has 0 spiro atoms. The van der Waals surface area contributed by atoms with E-state index in [1.165, 1.54) is 6.92 Å². The van der Waals surface area contributed by atoms with Crippen LogP contribution in [0, 0.1) is 0 Å². The zero-order valence-electron chi connectivity index (χ0n) is 6.95. The molecule has 0 amide bonds. The van der Waals surface area contributed by atoms with Crippen LogP contribution in [0.25, 0.3) is 0 Å². The highest BCUT2D eigenvalue weighted by atomic mass is 16.5. The van der Waals surface area contributed by atoms with Crippen molar-refractivity contribution in [2.24, 2.45) is 0 Å². The average Bonchev–Trinajstić information content (AvgIpc) is 1.98. The highest BCUT2D eigenvalue weighted by Gasteiger charge is 2.17. The highest BCUT2D eigenvalue weighted by molar-refractivity contribution is 5.72. The third-order valence-corrected chi connectivity index (χ3v) is 1.55. The molecule has 0 aromatic rings. The average molecular weight is 161 g/mol. The molecule has 2 N–H and O–H groups in total. The fraction of sp³-hybridized carbons (Fsp3) is 0.857. The van der Waals surface area contributed by atoms with E-state index in [0.29, 0.717) is 6.54 Å². The van der Waals surface area contributed by atoms with E-state index in [9.17, 15) is 4.79 Å². The molecule has 4 nitrogen and oxygen atoms in total. The van der Waals surface area contributed by atoms with Gasteiger partial charge in [-0.15, -0.1) is 0 Å². The second kappa shape index (κ2) is 5.09. The normalized spacial score (nSPS) is 13.5. The zero-order chi connectivity index (χ0) is 8.85. The van der Waals surface area contributed by atoms with Crippen molar-refractivity contribution in [2.45, 2.75) is 32.7 Å². The predicted octanol–water partition coefficient (Wildman–Crippen LogP) is 0.951. The van der Waals surface area contributed by atoms with Gasteiger partial charge in [0.05, 0.1) is 0 Å². The second-order valence-electron chi connectivity index (χ2n) is 2.53. The SMILES string of the molecule is CCCCN(O)[C@@H](C)C(=O)O. The fourth-order valence-corrected chi connectivity index (χ4v) is 0.641. The first-order valence-corrected chi connectivity index (χ1v) is 3.78. The lowest BCUT2D eigenvalue weighted by Crippen LogP contribution is -2.36. The first-order chi connectivity index (χ1) is 5.09. The number of aliphatic carboxylic acids is 1. The van der Waals surface area contributed by atoms with Crippen molar-refractivity contribution < 1.29 is 15.1 Å². The van der Waals surface area contributed by atoms with Crippen molar-refractivity contribution in [3.63, 3.8) is 0 Å². The quantitative estimate of drug-likeness (QED) is 0.589. The molecule has 0 bridgehead atoms. The van der Waals surface area contributed by atoms with E-state index in [2.05, 4.69) is 0 Å². The monoisotopic (exact) mass is 161 g/mol. The number of hydrogen-bond acceptors (Lipinski definition) is 3. The van der Waals surface area contributed by atoms with Crippen molar-refractivity contribution in [3.8, 4) is 0 Å². The van der Waals surface area contributed by atoms with Crippen LogP contribution in [0.2, 0.25) is 0 Å². The van der Waals surface area contributed by atoms with Gasteiger partial charge in [-0.05, 0) is 13.3 Å². The third kappa shape index (κ3) is 3.95. The summed E-state index contributed by atoms with van der Waals surface area (Å²) in [7, 11) is 0. The van der Waals surface area contributed by atoms with E-state index >= 15 is 0 Å². The molecule has 0 rings (SSSR count). The molecule has 1 atom stereocenters. The number of carboxylic acid groups (broad SMARTS) is 1. The van der Waals surface area contributed by atoms with Gasteiger partial charge in [-0.2, -0.15) is 5.06 Å². The Labute approximate surface area is 66.4 Å². The van der Waals surface area contributed by atoms with Gasteiger partial charge in [0.1, 0.15) is 6.04 Å². The molecule has 0 aromatic carbocycles. The van der Waals surface area contributed by atoms with Crippen LogP contribution in [-0.4, -0.2) is 33.9 Å². The number of carbonyl (C=O) groups is 1. The molecule has 0 aromatic heterocycles. The summed E-state index contributed by atoms with van der Waals surface area (Å²) in [6.07, 6.45) is 1.76. The maximum Gasteiger partial charge on any atom is 0.323 e. The van der Waals surface area contributed by atoms with Crippen LogP contribution in [0.15, 0.2) is 0 Å². The van der Waals surface area contributed by atoms with Crippen LogP contribution in [0.3, 0.4) is 0 Å². The van der Waals surface area contributed by atoms with Crippen LogP contribution in [0.1, 0.15) is 26.7 Å². The highest BCUT2D eigenvalue weighted by Crippen LogP contribution is 1.97. The Morgan fingerprint density at radius 2 is 2.18 bits per heavy atom. The van der Waals surface area contributed by atoms with Gasteiger partial charge in [-0.3, -0.25) is 4.79 Å². The number of nitrogens with zero attached hydrogens (tertiary/aromatic N) is 1. The zero-order valence-corrected chi connectivity index (χ0v) is 6.95. The summed E-state index contributed by atoms with van der Waals surface area (Å²) in [5, 5.41) is 18.4. The molecule has 0 saturated heterocycles. The van der Waals surface area contributed by atoms with Crippen LogP contribution < -0.4 is 0 Å². The van der Waals surface area contributed by atoms with Gasteiger partial charge in [-0.1, -0.05) is 13.3 Å². The number of hydroxylamine groups is 2. The Hall–Kier alpha value is -0.610. The third-order valence-electron chi connectivity index (χ3n) is 1.55. The molecule has 66 valence electrons. The van der Waals surface area contributed by atoms with Crippen LogP contribution in [-0.2, 0) is 4.79 Å². The van der Waals surface area contributed by atoms with Gasteiger partial charge < -0.3 is 10.3 Å². The molecule has 4 heteroatoms. The first-order valence-electron chi connectivity index (χ1n) is 3.78. The Bertz CT molecular complexity index is 127. The summed E-state index contributed by atoms with van der Waals surface area (Å²) in [4.78, 5) is 10.3. The minimum Gasteiger partial charge on any atom is -0.480 e. The number of unbranched alkanes of at least 4 members (excludes halogenated alkanes) is 1. The lowest BCUT2D eigenvalue weighted by molar-refractivity contribution is -0.167. The van der Waals surface area contributed by atoms with E-state index in [0.717, 1.165) is 17.9 Å². The maximum atomic E-state index is 10.3. The second-order valence-corrected chi connectivity index (χ2v) is 2.53. The Morgan fingerprint density at radius 1 is 1.64 bits per heavy atom. The smallest absolute Gasteiger partial charge is 0.323 e. The van der Waals surface area contributed by atoms with Gasteiger partial charge in [0, 0.05) is 6.54 Å². The number of hydrogen-bond donors (Lipinski definition) is 2. The maximum absolute atomic E-state index is 10.3. The van der Waals surface area contributed by atoms with Crippen molar-refractivity contribution in [3.05, 3.63) is 0 Å². The standard InChI is InChI=1S/C7H15NO3/c1-3-4-5-8(11)6(2)7(9)10/h6,11H,3-5H2,1-2H3,(H,9,10)/t6-/m0/s1. The summed E-state index contributed by atoms with van der Waals surface area (Å²) in [6, 6.07) is -0.804. The molecule has 0 aliphatic heterocycles. The summed E-state index contributed by atoms with van der Waals surface area (Å²) in [5.74, 6) is -0.997. The molecule has 0 radical (unpaired) electrons. The van der Waals surface area contributed by atoms with Crippen molar-refractivity contribution >= 4 is 5.97 Å². The van der Waals surface area contributed by atoms with Crippen LogP contribution >= 0.6 is 0 Å².